The number of benzene rings is 1. The van der Waals surface area contributed by atoms with Crippen LogP contribution < -0.4 is 4.74 Å². The molecular weight excluding hydrogens is 284 g/mol. The predicted molar refractivity (Wildman–Crippen MR) is 66.7 cm³/mol. The number of ether oxygens (including phenoxy) is 1. The Kier molecular flexibility index (Phi) is 3.58. The average molecular weight is 295 g/mol. The van der Waals surface area contributed by atoms with Crippen molar-refractivity contribution >= 4 is 21.9 Å². The highest BCUT2D eigenvalue weighted by atomic mass is 79.9. The van der Waals surface area contributed by atoms with E-state index in [4.69, 9.17) is 4.74 Å². The van der Waals surface area contributed by atoms with Crippen molar-refractivity contribution in [2.75, 3.05) is 0 Å². The number of nitrogens with zero attached hydrogens (tertiary/aromatic N) is 2. The molecule has 5 heteroatoms. The average Bonchev–Trinajstić information content (AvgIpc) is 2.84. The molecule has 0 saturated carbocycles. The zero-order chi connectivity index (χ0) is 12.3. The fourth-order valence-electron chi connectivity index (χ4n) is 1.34. The lowest BCUT2D eigenvalue weighted by molar-refractivity contribution is -0.137. The second kappa shape index (κ2) is 5.14. The van der Waals surface area contributed by atoms with Crippen molar-refractivity contribution < 1.29 is 9.53 Å². The van der Waals surface area contributed by atoms with Crippen LogP contribution >= 0.6 is 15.9 Å². The molecule has 1 aromatic carbocycles. The first-order valence-electron chi connectivity index (χ1n) is 5.12. The summed E-state index contributed by atoms with van der Waals surface area (Å²) < 4.78 is 7.75. The molecule has 0 aliphatic rings. The molecule has 0 N–H and O–H groups in total. The number of carbonyl (C=O) groups is 1. The number of hydrogen-bond acceptors (Lipinski definition) is 3. The summed E-state index contributed by atoms with van der Waals surface area (Å²) in [7, 11) is 0. The van der Waals surface area contributed by atoms with E-state index in [-0.39, 0.29) is 5.97 Å². The third-order valence-corrected chi connectivity index (χ3v) is 3.02. The molecule has 4 nitrogen and oxygen atoms in total. The van der Waals surface area contributed by atoms with Gasteiger partial charge in [-0.1, -0.05) is 12.1 Å². The highest BCUT2D eigenvalue weighted by Crippen LogP contribution is 2.25. The van der Waals surface area contributed by atoms with Gasteiger partial charge in [-0.3, -0.25) is 0 Å². The Balaban J connectivity index is 2.10. The molecule has 0 fully saturated rings. The summed E-state index contributed by atoms with van der Waals surface area (Å²) in [6.07, 6.45) is 4.94. The SMILES string of the molecule is CC(C(=O)Oc1ccccc1Br)n1ccnc1. The standard InChI is InChI=1S/C12H11BrN2O2/c1-9(15-7-6-14-8-15)12(16)17-11-5-3-2-4-10(11)13/h2-9H,1H3. The molecule has 0 radical (unpaired) electrons. The minimum Gasteiger partial charge on any atom is -0.424 e. The molecule has 0 bridgehead atoms. The van der Waals surface area contributed by atoms with E-state index in [1.54, 1.807) is 36.3 Å². The topological polar surface area (TPSA) is 44.1 Å². The molecule has 0 amide bonds. The summed E-state index contributed by atoms with van der Waals surface area (Å²) >= 11 is 3.33. The van der Waals surface area contributed by atoms with Crippen LogP contribution in [-0.4, -0.2) is 15.5 Å². The van der Waals surface area contributed by atoms with E-state index in [1.165, 1.54) is 0 Å². The van der Waals surface area contributed by atoms with Crippen molar-refractivity contribution in [2.24, 2.45) is 0 Å². The van der Waals surface area contributed by atoms with Crippen molar-refractivity contribution in [3.8, 4) is 5.75 Å². The van der Waals surface area contributed by atoms with Gasteiger partial charge in [0, 0.05) is 12.4 Å². The van der Waals surface area contributed by atoms with Crippen molar-refractivity contribution in [1.82, 2.24) is 9.55 Å². The third-order valence-electron chi connectivity index (χ3n) is 2.36. The maximum Gasteiger partial charge on any atom is 0.334 e. The zero-order valence-corrected chi connectivity index (χ0v) is 10.8. The number of aromatic nitrogens is 2. The summed E-state index contributed by atoms with van der Waals surface area (Å²) in [6.45, 7) is 1.76. The van der Waals surface area contributed by atoms with Crippen LogP contribution in [-0.2, 0) is 4.79 Å². The molecule has 2 aromatic rings. The Morgan fingerprint density at radius 2 is 2.24 bits per heavy atom. The molecule has 17 heavy (non-hydrogen) atoms. The Hall–Kier alpha value is -1.62. The second-order valence-corrected chi connectivity index (χ2v) is 4.39. The van der Waals surface area contributed by atoms with E-state index in [0.717, 1.165) is 4.47 Å². The molecule has 1 heterocycles. The molecular formula is C12H11BrN2O2. The predicted octanol–water partition coefficient (Wildman–Crippen LogP) is 2.81. The molecule has 88 valence electrons. The van der Waals surface area contributed by atoms with Crippen LogP contribution in [0.15, 0.2) is 47.5 Å². The lowest BCUT2D eigenvalue weighted by atomic mass is 10.3. The lowest BCUT2D eigenvalue weighted by Crippen LogP contribution is -2.20. The lowest BCUT2D eigenvalue weighted by Gasteiger charge is -2.12. The number of imidazole rings is 1. The third kappa shape index (κ3) is 2.74. The molecule has 2 rings (SSSR count). The second-order valence-electron chi connectivity index (χ2n) is 3.54. The van der Waals surface area contributed by atoms with Crippen LogP contribution in [0, 0.1) is 0 Å². The molecule has 0 spiro atoms. The number of carbonyl (C=O) groups excluding carboxylic acids is 1. The van der Waals surface area contributed by atoms with Gasteiger partial charge >= 0.3 is 5.97 Å². The molecule has 1 atom stereocenters. The van der Waals surface area contributed by atoms with Crippen LogP contribution in [0.4, 0.5) is 0 Å². The highest BCUT2D eigenvalue weighted by molar-refractivity contribution is 9.10. The largest absolute Gasteiger partial charge is 0.424 e. The first kappa shape index (κ1) is 11.9. The van der Waals surface area contributed by atoms with E-state index in [9.17, 15) is 4.79 Å². The minimum atomic E-state index is -0.399. The number of para-hydroxylation sites is 1. The summed E-state index contributed by atoms with van der Waals surface area (Å²) in [4.78, 5) is 15.8. The van der Waals surface area contributed by atoms with Gasteiger partial charge in [0.15, 0.2) is 0 Å². The summed E-state index contributed by atoms with van der Waals surface area (Å²) in [5.74, 6) is 0.194. The van der Waals surface area contributed by atoms with Crippen LogP contribution in [0.25, 0.3) is 0 Å². The van der Waals surface area contributed by atoms with Crippen molar-refractivity contribution in [1.29, 1.82) is 0 Å². The van der Waals surface area contributed by atoms with Gasteiger partial charge in [0.25, 0.3) is 0 Å². The fraction of sp³-hybridized carbons (Fsp3) is 0.167. The normalized spacial score (nSPS) is 12.1. The van der Waals surface area contributed by atoms with Crippen molar-refractivity contribution in [3.63, 3.8) is 0 Å². The number of esters is 1. The first-order chi connectivity index (χ1) is 8.18. The first-order valence-corrected chi connectivity index (χ1v) is 5.91. The summed E-state index contributed by atoms with van der Waals surface area (Å²) in [5.41, 5.74) is 0. The molecule has 1 aromatic heterocycles. The smallest absolute Gasteiger partial charge is 0.334 e. The van der Waals surface area contributed by atoms with E-state index in [2.05, 4.69) is 20.9 Å². The van der Waals surface area contributed by atoms with Gasteiger partial charge in [-0.05, 0) is 35.0 Å². The highest BCUT2D eigenvalue weighted by Gasteiger charge is 2.17. The molecule has 0 saturated heterocycles. The Labute approximate surface area is 107 Å². The molecule has 0 aliphatic heterocycles. The van der Waals surface area contributed by atoms with E-state index in [0.29, 0.717) is 5.75 Å². The number of rotatable bonds is 3. The van der Waals surface area contributed by atoms with Crippen molar-refractivity contribution in [2.45, 2.75) is 13.0 Å². The van der Waals surface area contributed by atoms with E-state index < -0.39 is 6.04 Å². The van der Waals surface area contributed by atoms with Crippen LogP contribution in [0.2, 0.25) is 0 Å². The molecule has 1 unspecified atom stereocenters. The van der Waals surface area contributed by atoms with Gasteiger partial charge in [0.1, 0.15) is 11.8 Å². The maximum absolute atomic E-state index is 11.9. The minimum absolute atomic E-state index is 0.324. The van der Waals surface area contributed by atoms with Crippen LogP contribution in [0.3, 0.4) is 0 Å². The van der Waals surface area contributed by atoms with Gasteiger partial charge in [-0.25, -0.2) is 9.78 Å². The van der Waals surface area contributed by atoms with E-state index in [1.807, 2.05) is 18.2 Å². The maximum atomic E-state index is 11.9. The number of hydrogen-bond donors (Lipinski definition) is 0. The Bertz CT molecular complexity index is 511. The zero-order valence-electron chi connectivity index (χ0n) is 9.21. The van der Waals surface area contributed by atoms with Gasteiger partial charge in [-0.2, -0.15) is 0 Å². The Morgan fingerprint density at radius 1 is 1.47 bits per heavy atom. The number of halogens is 1. The van der Waals surface area contributed by atoms with Gasteiger partial charge in [0.2, 0.25) is 0 Å². The van der Waals surface area contributed by atoms with Crippen LogP contribution in [0.1, 0.15) is 13.0 Å². The van der Waals surface area contributed by atoms with Gasteiger partial charge in [-0.15, -0.1) is 0 Å². The van der Waals surface area contributed by atoms with E-state index >= 15 is 0 Å². The monoisotopic (exact) mass is 294 g/mol. The summed E-state index contributed by atoms with van der Waals surface area (Å²) in [6, 6.07) is 6.84. The fourth-order valence-corrected chi connectivity index (χ4v) is 1.71. The molecule has 0 aliphatic carbocycles. The van der Waals surface area contributed by atoms with Crippen molar-refractivity contribution in [3.05, 3.63) is 47.5 Å². The van der Waals surface area contributed by atoms with Crippen LogP contribution in [0.5, 0.6) is 5.75 Å². The quantitative estimate of drug-likeness (QED) is 0.646. The Morgan fingerprint density at radius 3 is 2.88 bits per heavy atom. The summed E-state index contributed by atoms with van der Waals surface area (Å²) in [5, 5.41) is 0. The van der Waals surface area contributed by atoms with Gasteiger partial charge < -0.3 is 9.30 Å². The van der Waals surface area contributed by atoms with Gasteiger partial charge in [0.05, 0.1) is 10.8 Å².